The summed E-state index contributed by atoms with van der Waals surface area (Å²) >= 11 is 12.1. The molecule has 3 heterocycles. The third kappa shape index (κ3) is 4.88. The average molecular weight is 452 g/mol. The number of rotatable bonds is 6. The minimum Gasteiger partial charge on any atom is -0.348 e. The predicted molar refractivity (Wildman–Crippen MR) is 115 cm³/mol. The van der Waals surface area contributed by atoms with E-state index in [2.05, 4.69) is 52.4 Å². The highest BCUT2D eigenvalue weighted by Gasteiger charge is 2.27. The van der Waals surface area contributed by atoms with Crippen LogP contribution in [0.5, 0.6) is 0 Å². The van der Waals surface area contributed by atoms with Gasteiger partial charge in [0, 0.05) is 38.6 Å². The maximum Gasteiger partial charge on any atom is 0.274 e. The van der Waals surface area contributed by atoms with Crippen molar-refractivity contribution in [2.45, 2.75) is 32.2 Å². The molecule has 2 fully saturated rings. The molecular weight excluding hydrogens is 429 g/mol. The van der Waals surface area contributed by atoms with E-state index >= 15 is 0 Å². The molecule has 1 aliphatic carbocycles. The molecule has 10 nitrogen and oxygen atoms in total. The molecule has 30 heavy (non-hydrogen) atoms. The van der Waals surface area contributed by atoms with Gasteiger partial charge in [-0.05, 0) is 19.9 Å². The zero-order valence-electron chi connectivity index (χ0n) is 16.8. The van der Waals surface area contributed by atoms with Gasteiger partial charge in [-0.3, -0.25) is 4.79 Å². The minimum atomic E-state index is -0.366. The number of halogens is 2. The van der Waals surface area contributed by atoms with Gasteiger partial charge in [0.15, 0.2) is 21.8 Å². The zero-order valence-corrected chi connectivity index (χ0v) is 18.3. The second-order valence-corrected chi connectivity index (χ2v) is 8.11. The summed E-state index contributed by atoms with van der Waals surface area (Å²) in [7, 11) is 2.09. The number of carbonyl (C=O) groups is 1. The van der Waals surface area contributed by atoms with Gasteiger partial charge in [0.05, 0.1) is 0 Å². The number of aromatic nitrogens is 5. The fraction of sp³-hybridized carbons (Fsp3) is 0.556. The number of piperazine rings is 1. The number of amides is 1. The van der Waals surface area contributed by atoms with E-state index in [1.54, 1.807) is 0 Å². The Morgan fingerprint density at radius 3 is 2.40 bits per heavy atom. The first-order valence-electron chi connectivity index (χ1n) is 9.92. The third-order valence-electron chi connectivity index (χ3n) is 4.94. The highest BCUT2D eigenvalue weighted by Crippen LogP contribution is 2.26. The number of nitrogens with one attached hydrogen (secondary N) is 2. The van der Waals surface area contributed by atoms with Gasteiger partial charge in [-0.15, -0.1) is 0 Å². The van der Waals surface area contributed by atoms with E-state index in [9.17, 15) is 4.79 Å². The SMILES string of the molecule is CCc1nc(Nc2nc(Cl)c(Cl)nc2C(=O)NC2CC2)nc(N2CCN(C)CC2)n1. The summed E-state index contributed by atoms with van der Waals surface area (Å²) in [6.07, 6.45) is 2.54. The second kappa shape index (κ2) is 8.83. The van der Waals surface area contributed by atoms with Gasteiger partial charge in [0.2, 0.25) is 11.9 Å². The minimum absolute atomic E-state index is 0.00815. The normalized spacial score (nSPS) is 17.1. The summed E-state index contributed by atoms with van der Waals surface area (Å²) in [5, 5.41) is 5.84. The molecule has 12 heteroatoms. The molecule has 160 valence electrons. The molecular formula is C18H23Cl2N9O. The van der Waals surface area contributed by atoms with E-state index in [1.165, 1.54) is 0 Å². The molecule has 2 aromatic heterocycles. The molecule has 2 aromatic rings. The monoisotopic (exact) mass is 451 g/mol. The van der Waals surface area contributed by atoms with Crippen LogP contribution in [-0.2, 0) is 6.42 Å². The average Bonchev–Trinajstić information content (AvgIpc) is 3.54. The fourth-order valence-electron chi connectivity index (χ4n) is 3.00. The Kier molecular flexibility index (Phi) is 6.16. The molecule has 2 aliphatic rings. The van der Waals surface area contributed by atoms with Crippen molar-refractivity contribution in [3.05, 3.63) is 21.8 Å². The van der Waals surface area contributed by atoms with E-state index in [1.807, 2.05) is 6.92 Å². The van der Waals surface area contributed by atoms with E-state index in [-0.39, 0.29) is 39.7 Å². The van der Waals surface area contributed by atoms with Crippen molar-refractivity contribution < 1.29 is 4.79 Å². The van der Waals surface area contributed by atoms with Crippen LogP contribution in [0.2, 0.25) is 10.3 Å². The van der Waals surface area contributed by atoms with Crippen LogP contribution in [0, 0.1) is 0 Å². The lowest BCUT2D eigenvalue weighted by molar-refractivity contribution is 0.0946. The summed E-state index contributed by atoms with van der Waals surface area (Å²) in [5.74, 6) is 1.30. The van der Waals surface area contributed by atoms with Crippen LogP contribution in [0.15, 0.2) is 0 Å². The Bertz CT molecular complexity index is 945. The van der Waals surface area contributed by atoms with Crippen molar-refractivity contribution in [1.82, 2.24) is 35.1 Å². The Morgan fingerprint density at radius 1 is 1.03 bits per heavy atom. The highest BCUT2D eigenvalue weighted by atomic mass is 35.5. The molecule has 0 aromatic carbocycles. The van der Waals surface area contributed by atoms with Crippen LogP contribution in [0.25, 0.3) is 0 Å². The summed E-state index contributed by atoms with van der Waals surface area (Å²) < 4.78 is 0. The van der Waals surface area contributed by atoms with Crippen molar-refractivity contribution >= 4 is 46.8 Å². The summed E-state index contributed by atoms with van der Waals surface area (Å²) in [6, 6.07) is 0.161. The number of likely N-dealkylation sites (N-methyl/N-ethyl adjacent to an activating group) is 1. The molecule has 0 radical (unpaired) electrons. The standard InChI is InChI=1S/C18H23Cl2N9O/c1-3-11-22-17(27-18(23-11)29-8-6-28(2)7-9-29)26-15-12(16(30)21-10-4-5-10)24-13(19)14(20)25-15/h10H,3-9H2,1-2H3,(H,21,30)(H,22,23,25,26,27). The summed E-state index contributed by atoms with van der Waals surface area (Å²) in [5.41, 5.74) is 0.0518. The number of nitrogens with zero attached hydrogens (tertiary/aromatic N) is 7. The Hall–Kier alpha value is -2.30. The molecule has 0 spiro atoms. The van der Waals surface area contributed by atoms with Crippen molar-refractivity contribution in [3.8, 4) is 0 Å². The fourth-order valence-corrected chi connectivity index (χ4v) is 3.25. The summed E-state index contributed by atoms with van der Waals surface area (Å²) in [6.45, 7) is 5.48. The highest BCUT2D eigenvalue weighted by molar-refractivity contribution is 6.40. The van der Waals surface area contributed by atoms with Crippen molar-refractivity contribution in [2.24, 2.45) is 0 Å². The first-order chi connectivity index (χ1) is 14.4. The molecule has 1 saturated heterocycles. The van der Waals surface area contributed by atoms with Crippen LogP contribution in [0.4, 0.5) is 17.7 Å². The van der Waals surface area contributed by atoms with Crippen molar-refractivity contribution in [2.75, 3.05) is 43.4 Å². The third-order valence-corrected chi connectivity index (χ3v) is 5.57. The lowest BCUT2D eigenvalue weighted by Gasteiger charge is -2.32. The maximum atomic E-state index is 12.6. The topological polar surface area (TPSA) is 112 Å². The molecule has 0 unspecified atom stereocenters. The van der Waals surface area contributed by atoms with E-state index in [4.69, 9.17) is 23.2 Å². The van der Waals surface area contributed by atoms with Gasteiger partial charge in [-0.2, -0.15) is 15.0 Å². The maximum absolute atomic E-state index is 12.6. The zero-order chi connectivity index (χ0) is 21.3. The number of hydrogen-bond donors (Lipinski definition) is 2. The molecule has 0 bridgehead atoms. The van der Waals surface area contributed by atoms with E-state index < -0.39 is 0 Å². The van der Waals surface area contributed by atoms with Crippen LogP contribution < -0.4 is 15.5 Å². The van der Waals surface area contributed by atoms with Crippen LogP contribution in [0.3, 0.4) is 0 Å². The van der Waals surface area contributed by atoms with Gasteiger partial charge in [0.1, 0.15) is 5.82 Å². The molecule has 0 atom stereocenters. The number of carbonyl (C=O) groups excluding carboxylic acids is 1. The Balaban J connectivity index is 1.63. The Morgan fingerprint density at radius 2 is 1.73 bits per heavy atom. The van der Waals surface area contributed by atoms with Crippen LogP contribution in [0.1, 0.15) is 36.1 Å². The number of hydrogen-bond acceptors (Lipinski definition) is 9. The smallest absolute Gasteiger partial charge is 0.274 e. The molecule has 1 aliphatic heterocycles. The number of aryl methyl sites for hydroxylation is 1. The molecule has 1 saturated carbocycles. The van der Waals surface area contributed by atoms with Crippen LogP contribution in [-0.4, -0.2) is 75.0 Å². The van der Waals surface area contributed by atoms with E-state index in [0.717, 1.165) is 39.0 Å². The van der Waals surface area contributed by atoms with Crippen molar-refractivity contribution in [3.63, 3.8) is 0 Å². The van der Waals surface area contributed by atoms with Gasteiger partial charge in [-0.25, -0.2) is 9.97 Å². The quantitative estimate of drug-likeness (QED) is 0.679. The van der Waals surface area contributed by atoms with Gasteiger partial charge >= 0.3 is 0 Å². The molecule has 4 rings (SSSR count). The Labute approximate surface area is 184 Å². The van der Waals surface area contributed by atoms with Gasteiger partial charge < -0.3 is 20.4 Å². The second-order valence-electron chi connectivity index (χ2n) is 7.39. The van der Waals surface area contributed by atoms with Gasteiger partial charge in [0.25, 0.3) is 5.91 Å². The van der Waals surface area contributed by atoms with Crippen molar-refractivity contribution in [1.29, 1.82) is 0 Å². The first-order valence-corrected chi connectivity index (χ1v) is 10.7. The molecule has 2 N–H and O–H groups in total. The van der Waals surface area contributed by atoms with Crippen LogP contribution >= 0.6 is 23.2 Å². The summed E-state index contributed by atoms with van der Waals surface area (Å²) in [4.78, 5) is 38.9. The largest absolute Gasteiger partial charge is 0.348 e. The lowest BCUT2D eigenvalue weighted by Crippen LogP contribution is -2.45. The van der Waals surface area contributed by atoms with Gasteiger partial charge in [-0.1, -0.05) is 30.1 Å². The first kappa shape index (κ1) is 21.0. The lowest BCUT2D eigenvalue weighted by atomic mass is 10.3. The van der Waals surface area contributed by atoms with E-state index in [0.29, 0.717) is 18.2 Å². The number of anilines is 3. The molecule has 1 amide bonds. The predicted octanol–water partition coefficient (Wildman–Crippen LogP) is 1.92.